The summed E-state index contributed by atoms with van der Waals surface area (Å²) in [5, 5.41) is 3.50. The van der Waals surface area contributed by atoms with Crippen LogP contribution < -0.4 is 14.8 Å². The van der Waals surface area contributed by atoms with Gasteiger partial charge in [-0.1, -0.05) is 24.3 Å². The van der Waals surface area contributed by atoms with Crippen LogP contribution in [-0.4, -0.2) is 19.8 Å². The van der Waals surface area contributed by atoms with Gasteiger partial charge in [0.15, 0.2) is 0 Å². The van der Waals surface area contributed by atoms with Gasteiger partial charge in [-0.15, -0.1) is 0 Å². The highest BCUT2D eigenvalue weighted by Crippen LogP contribution is 2.22. The summed E-state index contributed by atoms with van der Waals surface area (Å²) in [6, 6.07) is 16.5. The first kappa shape index (κ1) is 15.2. The molecule has 0 aliphatic rings. The van der Waals surface area contributed by atoms with E-state index in [1.54, 1.807) is 7.11 Å². The molecule has 0 fully saturated rings. The number of para-hydroxylation sites is 1. The standard InChI is InChI=1S/C18H23NO2/c1-4-21-17-10-7-9-16(13-17)19-14(2)12-15-8-5-6-11-18(15)20-3/h5-11,13-14,19H,4,12H2,1-3H3. The SMILES string of the molecule is CCOc1cccc(NC(C)Cc2ccccc2OC)c1. The van der Waals surface area contributed by atoms with E-state index in [0.29, 0.717) is 12.6 Å². The Morgan fingerprint density at radius 1 is 1.10 bits per heavy atom. The van der Waals surface area contributed by atoms with Crippen LogP contribution in [0.4, 0.5) is 5.69 Å². The molecule has 0 aliphatic carbocycles. The molecule has 0 saturated heterocycles. The van der Waals surface area contributed by atoms with Crippen LogP contribution in [-0.2, 0) is 6.42 Å². The second-order valence-corrected chi connectivity index (χ2v) is 5.02. The molecule has 1 unspecified atom stereocenters. The van der Waals surface area contributed by atoms with E-state index in [2.05, 4.69) is 24.4 Å². The van der Waals surface area contributed by atoms with Crippen molar-refractivity contribution in [2.45, 2.75) is 26.3 Å². The molecule has 2 aromatic carbocycles. The first-order chi connectivity index (χ1) is 10.2. The maximum atomic E-state index is 5.52. The molecule has 112 valence electrons. The Kier molecular flexibility index (Phi) is 5.50. The monoisotopic (exact) mass is 285 g/mol. The summed E-state index contributed by atoms with van der Waals surface area (Å²) in [6.07, 6.45) is 0.906. The van der Waals surface area contributed by atoms with Crippen molar-refractivity contribution in [3.8, 4) is 11.5 Å². The van der Waals surface area contributed by atoms with Crippen molar-refractivity contribution < 1.29 is 9.47 Å². The summed E-state index contributed by atoms with van der Waals surface area (Å²) < 4.78 is 10.9. The first-order valence-corrected chi connectivity index (χ1v) is 7.34. The van der Waals surface area contributed by atoms with Crippen molar-refractivity contribution in [3.05, 3.63) is 54.1 Å². The van der Waals surface area contributed by atoms with Gasteiger partial charge in [-0.25, -0.2) is 0 Å². The van der Waals surface area contributed by atoms with Gasteiger partial charge in [0.25, 0.3) is 0 Å². The van der Waals surface area contributed by atoms with Crippen molar-refractivity contribution in [2.75, 3.05) is 19.0 Å². The summed E-state index contributed by atoms with van der Waals surface area (Å²) in [4.78, 5) is 0. The molecule has 0 heterocycles. The van der Waals surface area contributed by atoms with Crippen LogP contribution >= 0.6 is 0 Å². The van der Waals surface area contributed by atoms with E-state index in [4.69, 9.17) is 9.47 Å². The fourth-order valence-electron chi connectivity index (χ4n) is 2.38. The third-order valence-electron chi connectivity index (χ3n) is 3.28. The molecular weight excluding hydrogens is 262 g/mol. The van der Waals surface area contributed by atoms with E-state index in [1.165, 1.54) is 5.56 Å². The Morgan fingerprint density at radius 2 is 1.90 bits per heavy atom. The minimum absolute atomic E-state index is 0.304. The van der Waals surface area contributed by atoms with Crippen LogP contribution in [0, 0.1) is 0 Å². The van der Waals surface area contributed by atoms with Crippen LogP contribution in [0.15, 0.2) is 48.5 Å². The summed E-state index contributed by atoms with van der Waals surface area (Å²) in [7, 11) is 1.71. The lowest BCUT2D eigenvalue weighted by Crippen LogP contribution is -2.18. The fraction of sp³-hybridized carbons (Fsp3) is 0.333. The molecule has 3 nitrogen and oxygen atoms in total. The summed E-state index contributed by atoms with van der Waals surface area (Å²) in [5.41, 5.74) is 2.28. The predicted molar refractivity (Wildman–Crippen MR) is 87.4 cm³/mol. The molecule has 0 aliphatic heterocycles. The molecule has 2 aromatic rings. The molecule has 0 aromatic heterocycles. The Labute approximate surface area is 126 Å². The quantitative estimate of drug-likeness (QED) is 0.829. The lowest BCUT2D eigenvalue weighted by molar-refractivity contribution is 0.340. The third-order valence-corrected chi connectivity index (χ3v) is 3.28. The molecule has 0 spiro atoms. The Hall–Kier alpha value is -2.16. The minimum atomic E-state index is 0.304. The molecule has 1 N–H and O–H groups in total. The van der Waals surface area contributed by atoms with Gasteiger partial charge >= 0.3 is 0 Å². The largest absolute Gasteiger partial charge is 0.496 e. The topological polar surface area (TPSA) is 30.5 Å². The van der Waals surface area contributed by atoms with E-state index in [-0.39, 0.29) is 0 Å². The first-order valence-electron chi connectivity index (χ1n) is 7.34. The van der Waals surface area contributed by atoms with Crippen LogP contribution in [0.3, 0.4) is 0 Å². The summed E-state index contributed by atoms with van der Waals surface area (Å²) in [6.45, 7) is 4.84. The smallest absolute Gasteiger partial charge is 0.122 e. The number of benzene rings is 2. The minimum Gasteiger partial charge on any atom is -0.496 e. The van der Waals surface area contributed by atoms with Gasteiger partial charge in [0.1, 0.15) is 11.5 Å². The van der Waals surface area contributed by atoms with Crippen LogP contribution in [0.1, 0.15) is 19.4 Å². The van der Waals surface area contributed by atoms with E-state index in [9.17, 15) is 0 Å². The maximum Gasteiger partial charge on any atom is 0.122 e. The number of rotatable bonds is 7. The van der Waals surface area contributed by atoms with Gasteiger partial charge in [-0.3, -0.25) is 0 Å². The van der Waals surface area contributed by atoms with E-state index in [0.717, 1.165) is 23.6 Å². The number of anilines is 1. The van der Waals surface area contributed by atoms with E-state index >= 15 is 0 Å². The third kappa shape index (κ3) is 4.42. The molecule has 0 bridgehead atoms. The Balaban J connectivity index is 2.01. The maximum absolute atomic E-state index is 5.52. The van der Waals surface area contributed by atoms with Crippen molar-refractivity contribution in [2.24, 2.45) is 0 Å². The predicted octanol–water partition coefficient (Wildman–Crippen LogP) is 4.14. The zero-order valence-corrected chi connectivity index (χ0v) is 12.9. The molecular formula is C18H23NO2. The second-order valence-electron chi connectivity index (χ2n) is 5.02. The zero-order valence-electron chi connectivity index (χ0n) is 12.9. The van der Waals surface area contributed by atoms with Crippen LogP contribution in [0.2, 0.25) is 0 Å². The molecule has 0 saturated carbocycles. The Morgan fingerprint density at radius 3 is 2.67 bits per heavy atom. The normalized spacial score (nSPS) is 11.8. The Bertz CT molecular complexity index is 569. The number of hydrogen-bond donors (Lipinski definition) is 1. The number of hydrogen-bond acceptors (Lipinski definition) is 3. The van der Waals surface area contributed by atoms with E-state index < -0.39 is 0 Å². The van der Waals surface area contributed by atoms with Crippen LogP contribution in [0.5, 0.6) is 11.5 Å². The second kappa shape index (κ2) is 7.58. The summed E-state index contributed by atoms with van der Waals surface area (Å²) in [5.74, 6) is 1.83. The van der Waals surface area contributed by atoms with Crippen molar-refractivity contribution in [1.82, 2.24) is 0 Å². The molecule has 1 atom stereocenters. The van der Waals surface area contributed by atoms with Crippen molar-refractivity contribution in [3.63, 3.8) is 0 Å². The van der Waals surface area contributed by atoms with Crippen molar-refractivity contribution >= 4 is 5.69 Å². The molecule has 21 heavy (non-hydrogen) atoms. The van der Waals surface area contributed by atoms with Gasteiger partial charge in [-0.05, 0) is 44.0 Å². The highest BCUT2D eigenvalue weighted by Gasteiger charge is 2.08. The average molecular weight is 285 g/mol. The molecule has 2 rings (SSSR count). The molecule has 3 heteroatoms. The molecule has 0 amide bonds. The summed E-state index contributed by atoms with van der Waals surface area (Å²) >= 11 is 0. The number of methoxy groups -OCH3 is 1. The van der Waals surface area contributed by atoms with E-state index in [1.807, 2.05) is 43.3 Å². The van der Waals surface area contributed by atoms with Crippen LogP contribution in [0.25, 0.3) is 0 Å². The van der Waals surface area contributed by atoms with Gasteiger partial charge in [0, 0.05) is 17.8 Å². The highest BCUT2D eigenvalue weighted by molar-refractivity contribution is 5.49. The van der Waals surface area contributed by atoms with Crippen molar-refractivity contribution in [1.29, 1.82) is 0 Å². The fourth-order valence-corrected chi connectivity index (χ4v) is 2.38. The number of ether oxygens (including phenoxy) is 2. The van der Waals surface area contributed by atoms with Gasteiger partial charge in [0.05, 0.1) is 13.7 Å². The lowest BCUT2D eigenvalue weighted by Gasteiger charge is -2.17. The van der Waals surface area contributed by atoms with Gasteiger partial charge < -0.3 is 14.8 Å². The average Bonchev–Trinajstić information content (AvgIpc) is 2.48. The van der Waals surface area contributed by atoms with Gasteiger partial charge in [0.2, 0.25) is 0 Å². The highest BCUT2D eigenvalue weighted by atomic mass is 16.5. The van der Waals surface area contributed by atoms with Gasteiger partial charge in [-0.2, -0.15) is 0 Å². The molecule has 0 radical (unpaired) electrons. The zero-order chi connectivity index (χ0) is 15.1. The number of nitrogens with one attached hydrogen (secondary N) is 1. The lowest BCUT2D eigenvalue weighted by atomic mass is 10.1.